The Morgan fingerprint density at radius 1 is 1.33 bits per heavy atom. The zero-order valence-electron chi connectivity index (χ0n) is 17.0. The Labute approximate surface area is 180 Å². The van der Waals surface area contributed by atoms with E-state index in [4.69, 9.17) is 16.3 Å². The average molecular weight is 462 g/mol. The van der Waals surface area contributed by atoms with E-state index in [2.05, 4.69) is 15.0 Å². The maximum Gasteiger partial charge on any atom is 0.410 e. The summed E-state index contributed by atoms with van der Waals surface area (Å²) in [5.41, 5.74) is 0.796. The first-order valence-corrected chi connectivity index (χ1v) is 10.4. The van der Waals surface area contributed by atoms with E-state index in [1.165, 1.54) is 16.2 Å². The molecule has 1 amide bonds. The summed E-state index contributed by atoms with van der Waals surface area (Å²) in [4.78, 5) is 38.5. The monoisotopic (exact) mass is 461 g/mol. The first-order chi connectivity index (χ1) is 13.9. The zero-order valence-corrected chi connectivity index (χ0v) is 18.5. The van der Waals surface area contributed by atoms with Crippen molar-refractivity contribution in [2.75, 3.05) is 31.1 Å². The van der Waals surface area contributed by atoms with Gasteiger partial charge in [0, 0.05) is 13.1 Å². The Morgan fingerprint density at radius 3 is 2.63 bits per heavy atom. The van der Waals surface area contributed by atoms with Gasteiger partial charge in [-0.15, -0.1) is 11.3 Å². The Balaban J connectivity index is 1.93. The number of aromatic nitrogens is 3. The SMILES string of the molecule is Cc1ncsc1-c1nc(N2CCN(C(=O)OC(C)(C)C)CC(F)(F)C2)c(Cl)c(=O)[nH]1. The van der Waals surface area contributed by atoms with Crippen LogP contribution in [-0.4, -0.2) is 63.6 Å². The van der Waals surface area contributed by atoms with Crippen LogP contribution in [0.25, 0.3) is 10.7 Å². The predicted molar refractivity (Wildman–Crippen MR) is 111 cm³/mol. The quantitative estimate of drug-likeness (QED) is 0.735. The van der Waals surface area contributed by atoms with E-state index in [9.17, 15) is 18.4 Å². The third kappa shape index (κ3) is 5.07. The molecule has 2 aromatic rings. The molecule has 1 fully saturated rings. The molecule has 3 rings (SSSR count). The summed E-state index contributed by atoms with van der Waals surface area (Å²) in [7, 11) is 0. The maximum absolute atomic E-state index is 14.7. The molecule has 12 heteroatoms. The molecule has 0 radical (unpaired) electrons. The number of nitrogens with zero attached hydrogens (tertiary/aromatic N) is 4. The highest BCUT2D eigenvalue weighted by molar-refractivity contribution is 7.13. The van der Waals surface area contributed by atoms with Crippen LogP contribution in [-0.2, 0) is 4.74 Å². The van der Waals surface area contributed by atoms with Crippen molar-refractivity contribution < 1.29 is 18.3 Å². The van der Waals surface area contributed by atoms with Crippen molar-refractivity contribution in [2.24, 2.45) is 0 Å². The van der Waals surface area contributed by atoms with E-state index in [0.29, 0.717) is 10.6 Å². The van der Waals surface area contributed by atoms with E-state index in [-0.39, 0.29) is 29.8 Å². The molecule has 1 aliphatic rings. The van der Waals surface area contributed by atoms with Crippen LogP contribution in [0.4, 0.5) is 19.4 Å². The van der Waals surface area contributed by atoms with Gasteiger partial charge >= 0.3 is 6.09 Å². The summed E-state index contributed by atoms with van der Waals surface area (Å²) in [5.74, 6) is -3.12. The highest BCUT2D eigenvalue weighted by Gasteiger charge is 2.41. The van der Waals surface area contributed by atoms with E-state index in [1.807, 2.05) is 0 Å². The lowest BCUT2D eigenvalue weighted by atomic mass is 10.2. The minimum absolute atomic E-state index is 0.00607. The lowest BCUT2D eigenvalue weighted by molar-refractivity contribution is -0.0285. The number of hydrogen-bond acceptors (Lipinski definition) is 7. The lowest BCUT2D eigenvalue weighted by Crippen LogP contribution is -2.44. The molecule has 0 saturated carbocycles. The summed E-state index contributed by atoms with van der Waals surface area (Å²) in [6.07, 6.45) is -0.824. The molecule has 0 aromatic carbocycles. The van der Waals surface area contributed by atoms with Crippen molar-refractivity contribution in [1.29, 1.82) is 0 Å². The van der Waals surface area contributed by atoms with E-state index in [1.54, 1.807) is 33.2 Å². The maximum atomic E-state index is 14.7. The minimum atomic E-state index is -3.26. The zero-order chi connectivity index (χ0) is 22.3. The number of aromatic amines is 1. The van der Waals surface area contributed by atoms with Crippen LogP contribution in [0.2, 0.25) is 5.02 Å². The smallest absolute Gasteiger partial charge is 0.410 e. The Morgan fingerprint density at radius 2 is 2.03 bits per heavy atom. The van der Waals surface area contributed by atoms with Crippen molar-refractivity contribution in [3.8, 4) is 10.7 Å². The molecule has 0 atom stereocenters. The fourth-order valence-corrected chi connectivity index (χ4v) is 3.92. The number of anilines is 1. The number of halogens is 3. The molecule has 8 nitrogen and oxygen atoms in total. The number of alkyl halides is 2. The molecule has 164 valence electrons. The summed E-state index contributed by atoms with van der Waals surface area (Å²) < 4.78 is 34.5. The van der Waals surface area contributed by atoms with Gasteiger partial charge in [-0.1, -0.05) is 11.6 Å². The summed E-state index contributed by atoms with van der Waals surface area (Å²) in [6.45, 7) is 5.15. The topological polar surface area (TPSA) is 91.4 Å². The first-order valence-electron chi connectivity index (χ1n) is 9.17. The van der Waals surface area contributed by atoms with E-state index < -0.39 is 36.3 Å². The fourth-order valence-electron chi connectivity index (χ4n) is 2.96. The summed E-state index contributed by atoms with van der Waals surface area (Å²) >= 11 is 7.38. The van der Waals surface area contributed by atoms with Gasteiger partial charge in [-0.2, -0.15) is 0 Å². The van der Waals surface area contributed by atoms with Crippen molar-refractivity contribution in [3.05, 3.63) is 26.6 Å². The molecular weight excluding hydrogens is 440 g/mol. The Bertz CT molecular complexity index is 1000. The number of thiazole rings is 1. The molecule has 1 saturated heterocycles. The van der Waals surface area contributed by atoms with Crippen LogP contribution < -0.4 is 10.5 Å². The van der Waals surface area contributed by atoms with E-state index in [0.717, 1.165) is 4.90 Å². The van der Waals surface area contributed by atoms with Crippen LogP contribution in [0.5, 0.6) is 0 Å². The van der Waals surface area contributed by atoms with Crippen molar-refractivity contribution in [3.63, 3.8) is 0 Å². The standard InChI is InChI=1S/C18H22ClF2N5O3S/c1-10-12(30-9-22-10)13-23-14(11(19)15(27)24-13)25-5-6-26(8-18(20,21)7-25)16(28)29-17(2,3)4/h9H,5-8H2,1-4H3,(H,23,24,27). The summed E-state index contributed by atoms with van der Waals surface area (Å²) in [6, 6.07) is 0. The van der Waals surface area contributed by atoms with Gasteiger partial charge in [-0.05, 0) is 27.7 Å². The average Bonchev–Trinajstić information content (AvgIpc) is 2.96. The molecule has 0 unspecified atom stereocenters. The molecule has 3 heterocycles. The fraction of sp³-hybridized carbons (Fsp3) is 0.556. The first kappa shape index (κ1) is 22.4. The van der Waals surface area contributed by atoms with E-state index >= 15 is 0 Å². The molecular formula is C18H22ClF2N5O3S. The van der Waals surface area contributed by atoms with Gasteiger partial charge in [0.15, 0.2) is 11.6 Å². The van der Waals surface area contributed by atoms with Crippen LogP contribution in [0, 0.1) is 6.92 Å². The predicted octanol–water partition coefficient (Wildman–Crippen LogP) is 3.55. The highest BCUT2D eigenvalue weighted by Crippen LogP contribution is 2.30. The largest absolute Gasteiger partial charge is 0.444 e. The number of amides is 1. The van der Waals surface area contributed by atoms with Crippen molar-refractivity contribution >= 4 is 34.8 Å². The van der Waals surface area contributed by atoms with Gasteiger partial charge in [-0.3, -0.25) is 4.79 Å². The second kappa shape index (κ2) is 8.10. The third-order valence-corrected chi connectivity index (χ3v) is 5.52. The van der Waals surface area contributed by atoms with Crippen LogP contribution in [0.15, 0.2) is 10.3 Å². The van der Waals surface area contributed by atoms with Gasteiger partial charge in [-0.25, -0.2) is 23.5 Å². The lowest BCUT2D eigenvalue weighted by Gasteiger charge is -2.27. The van der Waals surface area contributed by atoms with Gasteiger partial charge in [0.1, 0.15) is 10.6 Å². The number of ether oxygens (including phenoxy) is 1. The second-order valence-corrected chi connectivity index (χ2v) is 9.23. The van der Waals surface area contributed by atoms with Crippen molar-refractivity contribution in [1.82, 2.24) is 19.9 Å². The highest BCUT2D eigenvalue weighted by atomic mass is 35.5. The molecule has 30 heavy (non-hydrogen) atoms. The molecule has 1 N–H and O–H groups in total. The number of hydrogen-bond donors (Lipinski definition) is 1. The number of aryl methyl sites for hydroxylation is 1. The minimum Gasteiger partial charge on any atom is -0.444 e. The van der Waals surface area contributed by atoms with Crippen LogP contribution >= 0.6 is 22.9 Å². The molecule has 0 aliphatic carbocycles. The van der Waals surface area contributed by atoms with Crippen molar-refractivity contribution in [2.45, 2.75) is 39.2 Å². The normalized spacial score (nSPS) is 17.0. The molecule has 0 bridgehead atoms. The number of rotatable bonds is 2. The van der Waals surface area contributed by atoms with Gasteiger partial charge in [0.05, 0.1) is 29.2 Å². The van der Waals surface area contributed by atoms with Crippen LogP contribution in [0.1, 0.15) is 26.5 Å². The van der Waals surface area contributed by atoms with Gasteiger partial charge in [0.2, 0.25) is 0 Å². The van der Waals surface area contributed by atoms with Crippen LogP contribution in [0.3, 0.4) is 0 Å². The van der Waals surface area contributed by atoms with Gasteiger partial charge in [0.25, 0.3) is 11.5 Å². The number of carbonyl (C=O) groups excluding carboxylic acids is 1. The number of carbonyl (C=O) groups is 1. The molecule has 1 aliphatic heterocycles. The molecule has 2 aromatic heterocycles. The van der Waals surface area contributed by atoms with Gasteiger partial charge < -0.3 is 19.5 Å². The summed E-state index contributed by atoms with van der Waals surface area (Å²) in [5, 5.41) is -0.289. The second-order valence-electron chi connectivity index (χ2n) is 8.00. The molecule has 0 spiro atoms. The number of nitrogens with one attached hydrogen (secondary N) is 1. The Kier molecular flexibility index (Phi) is 6.06. The Hall–Kier alpha value is -2.27. The number of H-pyrrole nitrogens is 1. The third-order valence-electron chi connectivity index (χ3n) is 4.24.